The third-order valence-electron chi connectivity index (χ3n) is 3.75. The topological polar surface area (TPSA) is 74.7 Å². The highest BCUT2D eigenvalue weighted by atomic mass is 32.2. The van der Waals surface area contributed by atoms with Crippen LogP contribution in [-0.2, 0) is 21.2 Å². The Labute approximate surface area is 123 Å². The molecule has 1 saturated heterocycles. The number of sulfone groups is 1. The summed E-state index contributed by atoms with van der Waals surface area (Å²) in [5, 5.41) is 8.94. The highest BCUT2D eigenvalue weighted by Gasteiger charge is 2.32. The third-order valence-corrected chi connectivity index (χ3v) is 5.44. The van der Waals surface area contributed by atoms with Crippen LogP contribution in [0.5, 0.6) is 0 Å². The van der Waals surface area contributed by atoms with Crippen molar-refractivity contribution in [3.05, 3.63) is 35.1 Å². The van der Waals surface area contributed by atoms with Gasteiger partial charge in [0.2, 0.25) is 0 Å². The molecule has 1 aliphatic heterocycles. The standard InChI is InChI=1S/C14H18FNO4S/c1-10-2-3-12(15)6-11(10)8-16-4-5-21(19,20)9-13(16)7-14(17)18/h2-3,6,13H,4-5,7-9H2,1H3,(H,17,18). The molecular weight excluding hydrogens is 297 g/mol. The summed E-state index contributed by atoms with van der Waals surface area (Å²) in [4.78, 5) is 12.7. The normalized spacial score (nSPS) is 22.1. The Kier molecular flexibility index (Phi) is 4.63. The lowest BCUT2D eigenvalue weighted by molar-refractivity contribution is -0.138. The summed E-state index contributed by atoms with van der Waals surface area (Å²) in [5.74, 6) is -1.53. The van der Waals surface area contributed by atoms with Crippen molar-refractivity contribution in [1.82, 2.24) is 4.90 Å². The van der Waals surface area contributed by atoms with Crippen LogP contribution >= 0.6 is 0 Å². The molecule has 0 amide bonds. The average Bonchev–Trinajstić information content (AvgIpc) is 2.35. The predicted molar refractivity (Wildman–Crippen MR) is 76.2 cm³/mol. The number of hydrogen-bond acceptors (Lipinski definition) is 4. The van der Waals surface area contributed by atoms with E-state index in [1.54, 1.807) is 6.07 Å². The van der Waals surface area contributed by atoms with Gasteiger partial charge in [-0.25, -0.2) is 12.8 Å². The number of aliphatic carboxylic acids is 1. The quantitative estimate of drug-likeness (QED) is 0.904. The largest absolute Gasteiger partial charge is 0.481 e. The molecule has 7 heteroatoms. The lowest BCUT2D eigenvalue weighted by Gasteiger charge is -2.35. The third kappa shape index (κ3) is 4.25. The molecule has 21 heavy (non-hydrogen) atoms. The molecule has 0 saturated carbocycles. The summed E-state index contributed by atoms with van der Waals surface area (Å²) in [6.45, 7) is 2.48. The maximum Gasteiger partial charge on any atom is 0.304 e. The number of carboxylic acids is 1. The average molecular weight is 315 g/mol. The minimum Gasteiger partial charge on any atom is -0.481 e. The summed E-state index contributed by atoms with van der Waals surface area (Å²) in [5.41, 5.74) is 1.66. The van der Waals surface area contributed by atoms with Crippen LogP contribution in [0.25, 0.3) is 0 Å². The zero-order valence-electron chi connectivity index (χ0n) is 11.8. The highest BCUT2D eigenvalue weighted by molar-refractivity contribution is 7.91. The van der Waals surface area contributed by atoms with E-state index in [2.05, 4.69) is 0 Å². The number of carboxylic acid groups (broad SMARTS) is 1. The van der Waals surface area contributed by atoms with E-state index in [4.69, 9.17) is 5.11 Å². The summed E-state index contributed by atoms with van der Waals surface area (Å²) in [7, 11) is -3.20. The lowest BCUT2D eigenvalue weighted by atomic mass is 10.1. The second kappa shape index (κ2) is 6.11. The van der Waals surface area contributed by atoms with Gasteiger partial charge in [0.05, 0.1) is 17.9 Å². The zero-order valence-corrected chi connectivity index (χ0v) is 12.6. The highest BCUT2D eigenvalue weighted by Crippen LogP contribution is 2.20. The first kappa shape index (κ1) is 15.9. The Bertz CT molecular complexity index is 644. The molecule has 1 atom stereocenters. The summed E-state index contributed by atoms with van der Waals surface area (Å²) in [6.07, 6.45) is -0.229. The molecule has 1 heterocycles. The summed E-state index contributed by atoms with van der Waals surface area (Å²) in [6, 6.07) is 3.88. The number of rotatable bonds is 4. The van der Waals surface area contributed by atoms with Crippen molar-refractivity contribution in [2.75, 3.05) is 18.1 Å². The van der Waals surface area contributed by atoms with Gasteiger partial charge in [0.25, 0.3) is 0 Å². The molecule has 1 aromatic rings. The van der Waals surface area contributed by atoms with Crippen molar-refractivity contribution in [3.63, 3.8) is 0 Å². The molecular formula is C14H18FNO4S. The zero-order chi connectivity index (χ0) is 15.6. The fourth-order valence-corrected chi connectivity index (χ4v) is 4.14. The van der Waals surface area contributed by atoms with Crippen LogP contribution in [0.15, 0.2) is 18.2 Å². The lowest BCUT2D eigenvalue weighted by Crippen LogP contribution is -2.48. The number of hydrogen-bond donors (Lipinski definition) is 1. The number of nitrogens with zero attached hydrogens (tertiary/aromatic N) is 1. The number of carbonyl (C=O) groups is 1. The maximum atomic E-state index is 13.3. The molecule has 0 radical (unpaired) electrons. The molecule has 0 spiro atoms. The Hall–Kier alpha value is -1.47. The van der Waals surface area contributed by atoms with Crippen LogP contribution < -0.4 is 0 Å². The smallest absolute Gasteiger partial charge is 0.304 e. The van der Waals surface area contributed by atoms with Crippen LogP contribution in [0.3, 0.4) is 0 Å². The Morgan fingerprint density at radius 1 is 1.48 bits per heavy atom. The van der Waals surface area contributed by atoms with E-state index in [-0.39, 0.29) is 30.3 Å². The molecule has 0 bridgehead atoms. The van der Waals surface area contributed by atoms with Gasteiger partial charge in [0.15, 0.2) is 9.84 Å². The van der Waals surface area contributed by atoms with Gasteiger partial charge in [-0.05, 0) is 30.2 Å². The Balaban J connectivity index is 2.20. The van der Waals surface area contributed by atoms with E-state index in [0.717, 1.165) is 11.1 Å². The SMILES string of the molecule is Cc1ccc(F)cc1CN1CCS(=O)(=O)CC1CC(=O)O. The van der Waals surface area contributed by atoms with Crippen LogP contribution in [0.4, 0.5) is 4.39 Å². The van der Waals surface area contributed by atoms with Gasteiger partial charge in [0, 0.05) is 19.1 Å². The molecule has 5 nitrogen and oxygen atoms in total. The first-order chi connectivity index (χ1) is 9.77. The number of benzene rings is 1. The molecule has 1 unspecified atom stereocenters. The fraction of sp³-hybridized carbons (Fsp3) is 0.500. The van der Waals surface area contributed by atoms with Crippen molar-refractivity contribution in [2.24, 2.45) is 0 Å². The molecule has 116 valence electrons. The number of halogens is 1. The fourth-order valence-electron chi connectivity index (χ4n) is 2.55. The van der Waals surface area contributed by atoms with Gasteiger partial charge in [0.1, 0.15) is 5.82 Å². The van der Waals surface area contributed by atoms with E-state index in [9.17, 15) is 17.6 Å². The molecule has 2 rings (SSSR count). The summed E-state index contributed by atoms with van der Waals surface area (Å²) < 4.78 is 36.7. The molecule has 1 aromatic carbocycles. The Morgan fingerprint density at radius 3 is 2.86 bits per heavy atom. The van der Waals surface area contributed by atoms with Crippen molar-refractivity contribution in [1.29, 1.82) is 0 Å². The van der Waals surface area contributed by atoms with Crippen molar-refractivity contribution in [3.8, 4) is 0 Å². The number of aryl methyl sites for hydroxylation is 1. The van der Waals surface area contributed by atoms with Crippen LogP contribution in [0, 0.1) is 12.7 Å². The second-order valence-corrected chi connectivity index (χ2v) is 7.64. The van der Waals surface area contributed by atoms with Crippen LogP contribution in [-0.4, -0.2) is 48.5 Å². The van der Waals surface area contributed by atoms with Gasteiger partial charge in [-0.1, -0.05) is 6.07 Å². The first-order valence-electron chi connectivity index (χ1n) is 6.68. The van der Waals surface area contributed by atoms with Crippen LogP contribution in [0.2, 0.25) is 0 Å². The van der Waals surface area contributed by atoms with Gasteiger partial charge in [-0.2, -0.15) is 0 Å². The van der Waals surface area contributed by atoms with Gasteiger partial charge < -0.3 is 5.11 Å². The molecule has 0 aromatic heterocycles. The van der Waals surface area contributed by atoms with E-state index < -0.39 is 21.8 Å². The second-order valence-electron chi connectivity index (χ2n) is 5.41. The predicted octanol–water partition coefficient (Wildman–Crippen LogP) is 1.21. The van der Waals surface area contributed by atoms with Gasteiger partial charge in [-0.15, -0.1) is 0 Å². The molecule has 1 N–H and O–H groups in total. The van der Waals surface area contributed by atoms with Crippen molar-refractivity contribution < 1.29 is 22.7 Å². The first-order valence-corrected chi connectivity index (χ1v) is 8.50. The maximum absolute atomic E-state index is 13.3. The monoisotopic (exact) mass is 315 g/mol. The minimum atomic E-state index is -3.20. The molecule has 1 fully saturated rings. The van der Waals surface area contributed by atoms with E-state index >= 15 is 0 Å². The van der Waals surface area contributed by atoms with E-state index in [1.165, 1.54) is 12.1 Å². The van der Waals surface area contributed by atoms with Crippen molar-refractivity contribution >= 4 is 15.8 Å². The summed E-state index contributed by atoms with van der Waals surface area (Å²) >= 11 is 0. The molecule has 0 aliphatic carbocycles. The molecule has 1 aliphatic rings. The van der Waals surface area contributed by atoms with E-state index in [0.29, 0.717) is 6.54 Å². The van der Waals surface area contributed by atoms with Crippen molar-refractivity contribution in [2.45, 2.75) is 25.9 Å². The van der Waals surface area contributed by atoms with Gasteiger partial charge in [-0.3, -0.25) is 9.69 Å². The van der Waals surface area contributed by atoms with Crippen LogP contribution in [0.1, 0.15) is 17.5 Å². The van der Waals surface area contributed by atoms with Gasteiger partial charge >= 0.3 is 5.97 Å². The van der Waals surface area contributed by atoms with E-state index in [1.807, 2.05) is 11.8 Å². The minimum absolute atomic E-state index is 0.0114. The Morgan fingerprint density at radius 2 is 2.19 bits per heavy atom.